The van der Waals surface area contributed by atoms with Crippen LogP contribution in [-0.2, 0) is 4.79 Å². The SMILES string of the molecule is COc1ccc(NC(=O)C(c2ccccc2)c2ccccc2)cc1NC(=O)c1ccc(Cl)cc1F. The molecule has 7 heteroatoms. The number of hydrogen-bond donors (Lipinski definition) is 2. The van der Waals surface area contributed by atoms with Crippen molar-refractivity contribution in [3.05, 3.63) is 125 Å². The molecule has 4 aromatic rings. The third-order valence-electron chi connectivity index (χ3n) is 5.42. The molecule has 0 atom stereocenters. The third kappa shape index (κ3) is 5.67. The maximum atomic E-state index is 14.2. The first-order chi connectivity index (χ1) is 17.0. The highest BCUT2D eigenvalue weighted by Crippen LogP contribution is 2.31. The van der Waals surface area contributed by atoms with Crippen molar-refractivity contribution in [2.24, 2.45) is 0 Å². The molecule has 176 valence electrons. The Morgan fingerprint density at radius 1 is 0.829 bits per heavy atom. The number of amides is 2. The van der Waals surface area contributed by atoms with Gasteiger partial charge in [-0.25, -0.2) is 4.39 Å². The predicted octanol–water partition coefficient (Wildman–Crippen LogP) is 6.51. The van der Waals surface area contributed by atoms with Gasteiger partial charge in [0.2, 0.25) is 5.91 Å². The van der Waals surface area contributed by atoms with Crippen LogP contribution in [0.3, 0.4) is 0 Å². The molecule has 0 aliphatic rings. The van der Waals surface area contributed by atoms with Gasteiger partial charge in [0.1, 0.15) is 11.6 Å². The summed E-state index contributed by atoms with van der Waals surface area (Å²) in [4.78, 5) is 26.1. The number of anilines is 2. The van der Waals surface area contributed by atoms with Gasteiger partial charge in [-0.2, -0.15) is 0 Å². The van der Waals surface area contributed by atoms with Crippen LogP contribution in [0.15, 0.2) is 97.1 Å². The maximum absolute atomic E-state index is 14.2. The summed E-state index contributed by atoms with van der Waals surface area (Å²) in [5.74, 6) is -1.85. The van der Waals surface area contributed by atoms with E-state index in [2.05, 4.69) is 10.6 Å². The minimum absolute atomic E-state index is 0.167. The Hall–Kier alpha value is -4.16. The number of carbonyl (C=O) groups excluding carboxylic acids is 2. The third-order valence-corrected chi connectivity index (χ3v) is 5.65. The standard InChI is InChI=1S/C28H22ClFN2O3/c1-35-25-15-13-21(17-24(25)32-27(33)22-14-12-20(29)16-23(22)30)31-28(34)26(18-8-4-2-5-9-18)19-10-6-3-7-11-19/h2-17,26H,1H3,(H,31,34)(H,32,33). The highest BCUT2D eigenvalue weighted by molar-refractivity contribution is 6.30. The topological polar surface area (TPSA) is 67.4 Å². The highest BCUT2D eigenvalue weighted by Gasteiger charge is 2.23. The van der Waals surface area contributed by atoms with Gasteiger partial charge in [-0.05, 0) is 47.5 Å². The van der Waals surface area contributed by atoms with E-state index >= 15 is 0 Å². The molecule has 0 radical (unpaired) electrons. The lowest BCUT2D eigenvalue weighted by Crippen LogP contribution is -2.22. The van der Waals surface area contributed by atoms with Gasteiger partial charge in [0.25, 0.3) is 5.91 Å². The highest BCUT2D eigenvalue weighted by atomic mass is 35.5. The van der Waals surface area contributed by atoms with Crippen LogP contribution in [0.1, 0.15) is 27.4 Å². The van der Waals surface area contributed by atoms with Crippen LogP contribution >= 0.6 is 11.6 Å². The molecule has 0 aliphatic carbocycles. The van der Waals surface area contributed by atoms with Gasteiger partial charge in [-0.1, -0.05) is 72.3 Å². The molecule has 0 heterocycles. The Morgan fingerprint density at radius 2 is 1.46 bits per heavy atom. The van der Waals surface area contributed by atoms with Crippen LogP contribution in [0, 0.1) is 5.82 Å². The molecule has 35 heavy (non-hydrogen) atoms. The van der Waals surface area contributed by atoms with Crippen molar-refractivity contribution in [2.75, 3.05) is 17.7 Å². The summed E-state index contributed by atoms with van der Waals surface area (Å²) in [5, 5.41) is 5.76. The van der Waals surface area contributed by atoms with Crippen LogP contribution < -0.4 is 15.4 Å². The quantitative estimate of drug-likeness (QED) is 0.311. The van der Waals surface area contributed by atoms with E-state index in [1.54, 1.807) is 18.2 Å². The molecule has 0 aliphatic heterocycles. The Morgan fingerprint density at radius 3 is 2.03 bits per heavy atom. The number of rotatable bonds is 7. The fourth-order valence-electron chi connectivity index (χ4n) is 3.75. The summed E-state index contributed by atoms with van der Waals surface area (Å²) >= 11 is 5.78. The van der Waals surface area contributed by atoms with E-state index < -0.39 is 17.6 Å². The van der Waals surface area contributed by atoms with Crippen molar-refractivity contribution in [2.45, 2.75) is 5.92 Å². The average Bonchev–Trinajstić information content (AvgIpc) is 2.85. The van der Waals surface area contributed by atoms with E-state index in [0.29, 0.717) is 11.4 Å². The molecule has 0 fully saturated rings. The zero-order valence-electron chi connectivity index (χ0n) is 18.8. The number of ether oxygens (including phenoxy) is 1. The molecule has 4 rings (SSSR count). The Labute approximate surface area is 207 Å². The lowest BCUT2D eigenvalue weighted by atomic mass is 9.90. The van der Waals surface area contributed by atoms with Gasteiger partial charge < -0.3 is 15.4 Å². The van der Waals surface area contributed by atoms with Crippen LogP contribution in [-0.4, -0.2) is 18.9 Å². The summed E-state index contributed by atoms with van der Waals surface area (Å²) < 4.78 is 19.6. The maximum Gasteiger partial charge on any atom is 0.258 e. The summed E-state index contributed by atoms with van der Waals surface area (Å²) in [7, 11) is 1.45. The van der Waals surface area contributed by atoms with Crippen molar-refractivity contribution in [1.29, 1.82) is 0 Å². The van der Waals surface area contributed by atoms with Crippen LogP contribution in [0.4, 0.5) is 15.8 Å². The molecular formula is C28H22ClFN2O3. The number of methoxy groups -OCH3 is 1. The zero-order valence-corrected chi connectivity index (χ0v) is 19.6. The molecular weight excluding hydrogens is 467 g/mol. The Kier molecular flexibility index (Phi) is 7.43. The van der Waals surface area contributed by atoms with Crippen LogP contribution in [0.2, 0.25) is 5.02 Å². The van der Waals surface area contributed by atoms with Crippen molar-refractivity contribution >= 4 is 34.8 Å². The molecule has 5 nitrogen and oxygen atoms in total. The zero-order chi connectivity index (χ0) is 24.8. The molecule has 0 saturated heterocycles. The fraction of sp³-hybridized carbons (Fsp3) is 0.0714. The number of benzene rings is 4. The molecule has 2 amide bonds. The molecule has 0 unspecified atom stereocenters. The van der Waals surface area contributed by atoms with E-state index in [0.717, 1.165) is 17.2 Å². The fourth-order valence-corrected chi connectivity index (χ4v) is 3.91. The second kappa shape index (κ2) is 10.8. The average molecular weight is 489 g/mol. The van der Waals surface area contributed by atoms with E-state index in [1.807, 2.05) is 60.7 Å². The second-order valence-corrected chi connectivity index (χ2v) is 8.17. The van der Waals surface area contributed by atoms with E-state index in [1.165, 1.54) is 19.2 Å². The first-order valence-corrected chi connectivity index (χ1v) is 11.2. The first-order valence-electron chi connectivity index (χ1n) is 10.8. The van der Waals surface area contributed by atoms with Gasteiger partial charge >= 0.3 is 0 Å². The number of carbonyl (C=O) groups is 2. The van der Waals surface area contributed by atoms with Crippen LogP contribution in [0.5, 0.6) is 5.75 Å². The van der Waals surface area contributed by atoms with Crippen LogP contribution in [0.25, 0.3) is 0 Å². The lowest BCUT2D eigenvalue weighted by molar-refractivity contribution is -0.116. The molecule has 4 aromatic carbocycles. The van der Waals surface area contributed by atoms with Crippen molar-refractivity contribution in [1.82, 2.24) is 0 Å². The largest absolute Gasteiger partial charge is 0.495 e. The Bertz CT molecular complexity index is 1310. The van der Waals surface area contributed by atoms with Crippen molar-refractivity contribution in [3.63, 3.8) is 0 Å². The lowest BCUT2D eigenvalue weighted by Gasteiger charge is -2.19. The number of hydrogen-bond acceptors (Lipinski definition) is 3. The minimum Gasteiger partial charge on any atom is -0.495 e. The van der Waals surface area contributed by atoms with Gasteiger partial charge in [-0.3, -0.25) is 9.59 Å². The molecule has 0 bridgehead atoms. The number of nitrogens with one attached hydrogen (secondary N) is 2. The summed E-state index contributed by atoms with van der Waals surface area (Å²) in [5.41, 5.74) is 2.24. The second-order valence-electron chi connectivity index (χ2n) is 7.74. The smallest absolute Gasteiger partial charge is 0.258 e. The molecule has 2 N–H and O–H groups in total. The normalized spacial score (nSPS) is 10.6. The number of halogens is 2. The predicted molar refractivity (Wildman–Crippen MR) is 136 cm³/mol. The van der Waals surface area contributed by atoms with E-state index in [9.17, 15) is 14.0 Å². The molecule has 0 aromatic heterocycles. The first kappa shape index (κ1) is 24.0. The van der Waals surface area contributed by atoms with Gasteiger partial charge in [0.15, 0.2) is 0 Å². The minimum atomic E-state index is -0.744. The van der Waals surface area contributed by atoms with Crippen molar-refractivity contribution < 1.29 is 18.7 Å². The molecule has 0 spiro atoms. The van der Waals surface area contributed by atoms with E-state index in [4.69, 9.17) is 16.3 Å². The molecule has 0 saturated carbocycles. The van der Waals surface area contributed by atoms with Crippen molar-refractivity contribution in [3.8, 4) is 5.75 Å². The van der Waals surface area contributed by atoms with E-state index in [-0.39, 0.29) is 22.2 Å². The summed E-state index contributed by atoms with van der Waals surface area (Å²) in [6.07, 6.45) is 0. The van der Waals surface area contributed by atoms with Gasteiger partial charge in [-0.15, -0.1) is 0 Å². The summed E-state index contributed by atoms with van der Waals surface area (Å²) in [6.45, 7) is 0. The Balaban J connectivity index is 1.61. The van der Waals surface area contributed by atoms with Gasteiger partial charge in [0.05, 0.1) is 24.3 Å². The monoisotopic (exact) mass is 488 g/mol. The summed E-state index contributed by atoms with van der Waals surface area (Å²) in [6, 6.07) is 27.6. The van der Waals surface area contributed by atoms with Gasteiger partial charge in [0, 0.05) is 10.7 Å².